The van der Waals surface area contributed by atoms with Gasteiger partial charge in [0.05, 0.1) is 6.04 Å². The summed E-state index contributed by atoms with van der Waals surface area (Å²) in [6.45, 7) is 13.2. The van der Waals surface area contributed by atoms with E-state index in [1.54, 1.807) is 0 Å². The van der Waals surface area contributed by atoms with Crippen LogP contribution in [0.5, 0.6) is 0 Å². The molecule has 1 N–H and O–H groups in total. The van der Waals surface area contributed by atoms with Crippen LogP contribution in [0.4, 0.5) is 0 Å². The predicted molar refractivity (Wildman–Crippen MR) is 77.5 cm³/mol. The summed E-state index contributed by atoms with van der Waals surface area (Å²) in [7, 11) is 0. The van der Waals surface area contributed by atoms with E-state index in [0.717, 1.165) is 29.7 Å². The zero-order chi connectivity index (χ0) is 13.9. The maximum atomic E-state index is 12.6. The third kappa shape index (κ3) is 2.81. The number of benzene rings is 1. The molecule has 0 aliphatic rings. The van der Waals surface area contributed by atoms with Gasteiger partial charge < -0.3 is 5.32 Å². The van der Waals surface area contributed by atoms with Gasteiger partial charge in [-0.1, -0.05) is 19.9 Å². The Balaban J connectivity index is 3.27. The molecule has 18 heavy (non-hydrogen) atoms. The third-order valence-corrected chi connectivity index (χ3v) is 3.79. The van der Waals surface area contributed by atoms with E-state index in [-0.39, 0.29) is 11.8 Å². The van der Waals surface area contributed by atoms with E-state index in [0.29, 0.717) is 0 Å². The first-order valence-electron chi connectivity index (χ1n) is 6.78. The molecular weight excluding hydrogens is 222 g/mol. The van der Waals surface area contributed by atoms with Gasteiger partial charge in [0.25, 0.3) is 0 Å². The summed E-state index contributed by atoms with van der Waals surface area (Å²) in [6, 6.07) is 2.10. The van der Waals surface area contributed by atoms with Crippen LogP contribution in [-0.2, 0) is 0 Å². The van der Waals surface area contributed by atoms with E-state index < -0.39 is 0 Å². The van der Waals surface area contributed by atoms with Crippen molar-refractivity contribution in [2.75, 3.05) is 6.54 Å². The smallest absolute Gasteiger partial charge is 0.180 e. The second-order valence-electron chi connectivity index (χ2n) is 5.02. The van der Waals surface area contributed by atoms with E-state index in [9.17, 15) is 4.79 Å². The number of Topliss-reactive ketones (excluding diaryl/α,β-unsaturated/α-hetero) is 1. The Hall–Kier alpha value is -1.15. The summed E-state index contributed by atoms with van der Waals surface area (Å²) in [5.74, 6) is 0.237. The Bertz CT molecular complexity index is 423. The molecule has 0 fully saturated rings. The second kappa shape index (κ2) is 6.14. The van der Waals surface area contributed by atoms with Crippen LogP contribution in [0.1, 0.15) is 52.9 Å². The van der Waals surface area contributed by atoms with Crippen molar-refractivity contribution in [3.63, 3.8) is 0 Å². The Kier molecular flexibility index (Phi) is 5.09. The number of nitrogens with one attached hydrogen (secondary N) is 1. The van der Waals surface area contributed by atoms with Crippen molar-refractivity contribution < 1.29 is 4.79 Å². The van der Waals surface area contributed by atoms with Gasteiger partial charge in [0.2, 0.25) is 0 Å². The Morgan fingerprint density at radius 1 is 1.11 bits per heavy atom. The van der Waals surface area contributed by atoms with Crippen molar-refractivity contribution in [1.82, 2.24) is 5.32 Å². The highest BCUT2D eigenvalue weighted by Crippen LogP contribution is 2.23. The lowest BCUT2D eigenvalue weighted by Gasteiger charge is -2.20. The summed E-state index contributed by atoms with van der Waals surface area (Å²) in [5.41, 5.74) is 5.57. The fourth-order valence-electron chi connectivity index (χ4n) is 2.43. The minimum Gasteiger partial charge on any atom is -0.307 e. The molecule has 1 atom stereocenters. The number of likely N-dealkylation sites (N-methyl/N-ethyl adjacent to an activating group) is 1. The first-order chi connectivity index (χ1) is 8.43. The van der Waals surface area contributed by atoms with E-state index in [1.807, 2.05) is 20.8 Å². The highest BCUT2D eigenvalue weighted by molar-refractivity contribution is 6.03. The zero-order valence-corrected chi connectivity index (χ0v) is 12.5. The van der Waals surface area contributed by atoms with Crippen LogP contribution in [0.2, 0.25) is 0 Å². The van der Waals surface area contributed by atoms with Crippen molar-refractivity contribution in [2.45, 2.75) is 54.0 Å². The normalized spacial score (nSPS) is 12.6. The molecule has 2 heteroatoms. The molecule has 0 heterocycles. The average molecular weight is 247 g/mol. The summed E-state index contributed by atoms with van der Waals surface area (Å²) < 4.78 is 0. The van der Waals surface area contributed by atoms with Gasteiger partial charge in [-0.3, -0.25) is 4.79 Å². The quantitative estimate of drug-likeness (QED) is 0.807. The van der Waals surface area contributed by atoms with Crippen LogP contribution < -0.4 is 5.32 Å². The molecule has 2 nitrogen and oxygen atoms in total. The zero-order valence-electron chi connectivity index (χ0n) is 12.5. The van der Waals surface area contributed by atoms with Gasteiger partial charge in [-0.25, -0.2) is 0 Å². The maximum absolute atomic E-state index is 12.6. The molecule has 0 saturated heterocycles. The maximum Gasteiger partial charge on any atom is 0.180 e. The first kappa shape index (κ1) is 14.9. The van der Waals surface area contributed by atoms with Gasteiger partial charge in [-0.15, -0.1) is 0 Å². The van der Waals surface area contributed by atoms with E-state index >= 15 is 0 Å². The van der Waals surface area contributed by atoms with Crippen LogP contribution in [0, 0.1) is 27.7 Å². The highest BCUT2D eigenvalue weighted by Gasteiger charge is 2.22. The standard InChI is InChI=1S/C16H25NO/c1-7-14(17-8-2)16(18)15-12(5)10(3)9-11(4)13(15)6/h9,14,17H,7-8H2,1-6H3. The fraction of sp³-hybridized carbons (Fsp3) is 0.562. The monoisotopic (exact) mass is 247 g/mol. The van der Waals surface area contributed by atoms with Crippen molar-refractivity contribution in [3.05, 3.63) is 33.9 Å². The summed E-state index contributed by atoms with van der Waals surface area (Å²) in [4.78, 5) is 12.6. The van der Waals surface area contributed by atoms with Crippen LogP contribution in [-0.4, -0.2) is 18.4 Å². The summed E-state index contributed by atoms with van der Waals surface area (Å²) in [6.07, 6.45) is 0.832. The van der Waals surface area contributed by atoms with Crippen molar-refractivity contribution in [3.8, 4) is 0 Å². The van der Waals surface area contributed by atoms with Gasteiger partial charge in [0.15, 0.2) is 5.78 Å². The van der Waals surface area contributed by atoms with Crippen LogP contribution in [0.3, 0.4) is 0 Å². The van der Waals surface area contributed by atoms with Gasteiger partial charge in [0, 0.05) is 5.56 Å². The lowest BCUT2D eigenvalue weighted by Crippen LogP contribution is -2.36. The molecule has 0 aromatic heterocycles. The summed E-state index contributed by atoms with van der Waals surface area (Å²) in [5, 5.41) is 3.27. The Morgan fingerprint density at radius 2 is 1.61 bits per heavy atom. The molecule has 0 spiro atoms. The lowest BCUT2D eigenvalue weighted by atomic mass is 9.89. The van der Waals surface area contributed by atoms with Crippen LogP contribution in [0.15, 0.2) is 6.07 Å². The number of carbonyl (C=O) groups excluding carboxylic acids is 1. The molecule has 0 aliphatic carbocycles. The largest absolute Gasteiger partial charge is 0.307 e. The minimum atomic E-state index is -0.0615. The number of rotatable bonds is 5. The topological polar surface area (TPSA) is 29.1 Å². The van der Waals surface area contributed by atoms with Gasteiger partial charge >= 0.3 is 0 Å². The molecular formula is C16H25NO. The van der Waals surface area contributed by atoms with E-state index in [2.05, 4.69) is 32.2 Å². The molecule has 100 valence electrons. The molecule has 0 aliphatic heterocycles. The third-order valence-electron chi connectivity index (χ3n) is 3.79. The molecule has 0 radical (unpaired) electrons. The van der Waals surface area contributed by atoms with Crippen LogP contribution >= 0.6 is 0 Å². The van der Waals surface area contributed by atoms with E-state index in [4.69, 9.17) is 0 Å². The molecule has 1 aromatic carbocycles. The van der Waals surface area contributed by atoms with Crippen LogP contribution in [0.25, 0.3) is 0 Å². The van der Waals surface area contributed by atoms with Gasteiger partial charge in [0.1, 0.15) is 0 Å². The van der Waals surface area contributed by atoms with Crippen molar-refractivity contribution in [2.24, 2.45) is 0 Å². The molecule has 0 amide bonds. The molecule has 1 unspecified atom stereocenters. The second-order valence-corrected chi connectivity index (χ2v) is 5.02. The van der Waals surface area contributed by atoms with E-state index in [1.165, 1.54) is 11.1 Å². The molecule has 1 rings (SSSR count). The summed E-state index contributed by atoms with van der Waals surface area (Å²) >= 11 is 0. The Labute approximate surface area is 111 Å². The minimum absolute atomic E-state index is 0.0615. The molecule has 0 saturated carbocycles. The van der Waals surface area contributed by atoms with Gasteiger partial charge in [-0.05, 0) is 62.9 Å². The fourth-order valence-corrected chi connectivity index (χ4v) is 2.43. The lowest BCUT2D eigenvalue weighted by molar-refractivity contribution is 0.0940. The number of hydrogen-bond acceptors (Lipinski definition) is 2. The number of aryl methyl sites for hydroxylation is 2. The average Bonchev–Trinajstić information content (AvgIpc) is 2.33. The van der Waals surface area contributed by atoms with Crippen molar-refractivity contribution >= 4 is 5.78 Å². The first-order valence-corrected chi connectivity index (χ1v) is 6.78. The van der Waals surface area contributed by atoms with Gasteiger partial charge in [-0.2, -0.15) is 0 Å². The molecule has 0 bridgehead atoms. The number of hydrogen-bond donors (Lipinski definition) is 1. The number of ketones is 1. The number of carbonyl (C=O) groups is 1. The Morgan fingerprint density at radius 3 is 2.00 bits per heavy atom. The van der Waals surface area contributed by atoms with Crippen molar-refractivity contribution in [1.29, 1.82) is 0 Å². The SMILES string of the molecule is CCNC(CC)C(=O)c1c(C)c(C)cc(C)c1C. The molecule has 1 aromatic rings. The highest BCUT2D eigenvalue weighted by atomic mass is 16.1. The predicted octanol–water partition coefficient (Wildman–Crippen LogP) is 3.49.